The van der Waals surface area contributed by atoms with Crippen LogP contribution in [0.15, 0.2) is 60.9 Å². The molecule has 0 saturated carbocycles. The third-order valence-electron chi connectivity index (χ3n) is 6.31. The number of fused-ring (bicyclic) bond motifs is 1. The lowest BCUT2D eigenvalue weighted by molar-refractivity contribution is 0.112. The Labute approximate surface area is 198 Å². The minimum Gasteiger partial charge on any atom is -0.464 e. The summed E-state index contributed by atoms with van der Waals surface area (Å²) in [7, 11) is 2.15. The Kier molecular flexibility index (Phi) is 6.07. The zero-order valence-corrected chi connectivity index (χ0v) is 19.0. The summed E-state index contributed by atoms with van der Waals surface area (Å²) in [5, 5.41) is 9.22. The maximum Gasteiger partial charge on any atom is 0.302 e. The molecule has 2 aromatic carbocycles. The van der Waals surface area contributed by atoms with Crippen LogP contribution in [0.5, 0.6) is 6.01 Å². The van der Waals surface area contributed by atoms with E-state index in [4.69, 9.17) is 9.72 Å². The third-order valence-corrected chi connectivity index (χ3v) is 6.31. The Hall–Kier alpha value is -4.02. The van der Waals surface area contributed by atoms with E-state index in [1.54, 1.807) is 30.5 Å². The molecule has 0 bridgehead atoms. The van der Waals surface area contributed by atoms with Crippen LogP contribution in [0, 0.1) is 17.2 Å². The molecule has 0 amide bonds. The van der Waals surface area contributed by atoms with Crippen LogP contribution >= 0.6 is 0 Å². The van der Waals surface area contributed by atoms with Gasteiger partial charge >= 0.3 is 6.01 Å². The highest BCUT2D eigenvalue weighted by atomic mass is 16.5. The largest absolute Gasteiger partial charge is 0.464 e. The summed E-state index contributed by atoms with van der Waals surface area (Å²) >= 11 is 0. The smallest absolute Gasteiger partial charge is 0.302 e. The van der Waals surface area contributed by atoms with Gasteiger partial charge in [-0.2, -0.15) is 10.2 Å². The van der Waals surface area contributed by atoms with Crippen LogP contribution in [0.25, 0.3) is 28.0 Å². The van der Waals surface area contributed by atoms with Crippen molar-refractivity contribution >= 4 is 11.9 Å². The zero-order chi connectivity index (χ0) is 23.5. The molecule has 0 radical (unpaired) electrons. The number of ether oxygens (including phenoxy) is 1. The molecule has 4 aromatic rings. The number of aldehydes is 1. The van der Waals surface area contributed by atoms with Gasteiger partial charge in [0.05, 0.1) is 29.5 Å². The Morgan fingerprint density at radius 3 is 2.62 bits per heavy atom. The van der Waals surface area contributed by atoms with Gasteiger partial charge < -0.3 is 9.64 Å². The number of carbonyl (C=O) groups is 1. The summed E-state index contributed by atoms with van der Waals surface area (Å²) < 4.78 is 8.16. The number of nitrogens with zero attached hydrogens (tertiary/aromatic N) is 5. The SMILES string of the molecule is CN1CCCC(COc2nc(-c3ccc(C#N)cc3)c(-c3ccc(C=O)cc3)c3nccn23)C1. The molecule has 5 rings (SSSR count). The van der Waals surface area contributed by atoms with Gasteiger partial charge in [-0.05, 0) is 44.1 Å². The molecule has 1 unspecified atom stereocenters. The number of piperidine rings is 1. The topological polar surface area (TPSA) is 83.5 Å². The predicted molar refractivity (Wildman–Crippen MR) is 130 cm³/mol. The number of hydrogen-bond donors (Lipinski definition) is 0. The molecule has 3 heterocycles. The van der Waals surface area contributed by atoms with Gasteiger partial charge in [-0.25, -0.2) is 4.98 Å². The lowest BCUT2D eigenvalue weighted by atomic mass is 9.98. The van der Waals surface area contributed by atoms with E-state index < -0.39 is 0 Å². The summed E-state index contributed by atoms with van der Waals surface area (Å²) in [5.41, 5.74) is 5.24. The van der Waals surface area contributed by atoms with Crippen molar-refractivity contribution in [2.75, 3.05) is 26.7 Å². The van der Waals surface area contributed by atoms with Gasteiger partial charge in [-0.3, -0.25) is 9.20 Å². The number of likely N-dealkylation sites (tertiary alicyclic amines) is 1. The van der Waals surface area contributed by atoms with Crippen LogP contribution in [-0.4, -0.2) is 52.3 Å². The van der Waals surface area contributed by atoms with Crippen LogP contribution in [0.1, 0.15) is 28.8 Å². The minimum atomic E-state index is 0.452. The number of carbonyl (C=O) groups excluding carboxylic acids is 1. The van der Waals surface area contributed by atoms with E-state index in [0.29, 0.717) is 29.7 Å². The van der Waals surface area contributed by atoms with Crippen LogP contribution in [0.4, 0.5) is 0 Å². The average molecular weight is 452 g/mol. The number of imidazole rings is 1. The summed E-state index contributed by atoms with van der Waals surface area (Å²) in [5.74, 6) is 0.452. The van der Waals surface area contributed by atoms with Crippen LogP contribution in [-0.2, 0) is 0 Å². The molecule has 1 atom stereocenters. The molecule has 1 fully saturated rings. The third kappa shape index (κ3) is 4.28. The van der Waals surface area contributed by atoms with E-state index in [1.807, 2.05) is 34.9 Å². The first-order valence-electron chi connectivity index (χ1n) is 11.4. The highest BCUT2D eigenvalue weighted by Crippen LogP contribution is 2.36. The lowest BCUT2D eigenvalue weighted by Gasteiger charge is -2.29. The van der Waals surface area contributed by atoms with Crippen molar-refractivity contribution in [1.29, 1.82) is 5.26 Å². The molecule has 0 aliphatic carbocycles. The summed E-state index contributed by atoms with van der Waals surface area (Å²) in [4.78, 5) is 23.1. The fourth-order valence-corrected chi connectivity index (χ4v) is 4.56. The van der Waals surface area contributed by atoms with Gasteiger partial charge in [0.1, 0.15) is 6.29 Å². The van der Waals surface area contributed by atoms with Crippen LogP contribution in [0.3, 0.4) is 0 Å². The zero-order valence-electron chi connectivity index (χ0n) is 19.0. The molecule has 170 valence electrons. The van der Waals surface area contributed by atoms with Gasteiger partial charge in [0, 0.05) is 36.0 Å². The monoisotopic (exact) mass is 451 g/mol. The second-order valence-corrected chi connectivity index (χ2v) is 8.75. The Morgan fingerprint density at radius 2 is 1.91 bits per heavy atom. The standard InChI is InChI=1S/C27H25N5O2/c1-31-13-2-3-21(16-31)18-34-27-30-25(23-10-4-19(15-28)5-11-23)24(26-29-12-14-32(26)27)22-8-6-20(17-33)7-9-22/h4-12,14,17,21H,2-3,13,16,18H2,1H3. The molecule has 0 N–H and O–H groups in total. The molecular formula is C27H25N5O2. The molecule has 7 heteroatoms. The van der Waals surface area contributed by atoms with Crippen LogP contribution < -0.4 is 4.74 Å². The first-order valence-corrected chi connectivity index (χ1v) is 11.4. The predicted octanol–water partition coefficient (Wildman–Crippen LogP) is 4.47. The van der Waals surface area contributed by atoms with Crippen molar-refractivity contribution < 1.29 is 9.53 Å². The molecule has 1 aliphatic rings. The minimum absolute atomic E-state index is 0.452. The Balaban J connectivity index is 1.61. The first-order chi connectivity index (χ1) is 16.7. The van der Waals surface area contributed by atoms with Crippen molar-refractivity contribution in [3.8, 4) is 34.5 Å². The number of rotatable bonds is 6. The number of hydrogen-bond acceptors (Lipinski definition) is 6. The molecule has 34 heavy (non-hydrogen) atoms. The highest BCUT2D eigenvalue weighted by molar-refractivity contribution is 5.91. The Bertz CT molecular complexity index is 1350. The van der Waals surface area contributed by atoms with Gasteiger partial charge in [0.25, 0.3) is 0 Å². The molecule has 7 nitrogen and oxygen atoms in total. The average Bonchev–Trinajstić information content (AvgIpc) is 3.37. The van der Waals surface area contributed by atoms with Gasteiger partial charge in [-0.1, -0.05) is 36.4 Å². The fraction of sp³-hybridized carbons (Fsp3) is 0.259. The van der Waals surface area contributed by atoms with E-state index in [2.05, 4.69) is 23.0 Å². The molecule has 1 aliphatic heterocycles. The van der Waals surface area contributed by atoms with E-state index in [1.165, 1.54) is 6.42 Å². The lowest BCUT2D eigenvalue weighted by Crippen LogP contribution is -2.35. The highest BCUT2D eigenvalue weighted by Gasteiger charge is 2.22. The second kappa shape index (κ2) is 9.46. The van der Waals surface area contributed by atoms with Gasteiger partial charge in [0.2, 0.25) is 0 Å². The van der Waals surface area contributed by atoms with Crippen LogP contribution in [0.2, 0.25) is 0 Å². The molecular weight excluding hydrogens is 426 g/mol. The fourth-order valence-electron chi connectivity index (χ4n) is 4.56. The number of aromatic nitrogens is 3. The van der Waals surface area contributed by atoms with Gasteiger partial charge in [0.15, 0.2) is 5.65 Å². The maximum atomic E-state index is 11.2. The quantitative estimate of drug-likeness (QED) is 0.402. The number of nitriles is 1. The van der Waals surface area contributed by atoms with E-state index in [0.717, 1.165) is 53.8 Å². The van der Waals surface area contributed by atoms with E-state index in [-0.39, 0.29) is 0 Å². The number of benzene rings is 2. The summed E-state index contributed by atoms with van der Waals surface area (Å²) in [6.45, 7) is 2.72. The molecule has 1 saturated heterocycles. The van der Waals surface area contributed by atoms with Gasteiger partial charge in [-0.15, -0.1) is 0 Å². The van der Waals surface area contributed by atoms with E-state index >= 15 is 0 Å². The van der Waals surface area contributed by atoms with Crippen molar-refractivity contribution in [1.82, 2.24) is 19.3 Å². The van der Waals surface area contributed by atoms with E-state index in [9.17, 15) is 10.1 Å². The normalized spacial score (nSPS) is 16.3. The molecule has 2 aromatic heterocycles. The van der Waals surface area contributed by atoms with Crippen molar-refractivity contribution in [3.05, 3.63) is 72.1 Å². The first kappa shape index (κ1) is 21.8. The van der Waals surface area contributed by atoms with Crippen molar-refractivity contribution in [3.63, 3.8) is 0 Å². The van der Waals surface area contributed by atoms with Crippen molar-refractivity contribution in [2.24, 2.45) is 5.92 Å². The summed E-state index contributed by atoms with van der Waals surface area (Å²) in [6.07, 6.45) is 6.74. The second-order valence-electron chi connectivity index (χ2n) is 8.75. The van der Waals surface area contributed by atoms with Crippen molar-refractivity contribution in [2.45, 2.75) is 12.8 Å². The maximum absolute atomic E-state index is 11.2. The Morgan fingerprint density at radius 1 is 1.15 bits per heavy atom. The molecule has 0 spiro atoms. The summed E-state index contributed by atoms with van der Waals surface area (Å²) in [6, 6.07) is 17.4.